The van der Waals surface area contributed by atoms with E-state index in [1.54, 1.807) is 12.1 Å². The van der Waals surface area contributed by atoms with Crippen LogP contribution < -0.4 is 0 Å². The molecule has 54 valence electrons. The van der Waals surface area contributed by atoms with Crippen molar-refractivity contribution in [3.63, 3.8) is 0 Å². The first-order chi connectivity index (χ1) is 4.74. The molecule has 0 atom stereocenters. The van der Waals surface area contributed by atoms with E-state index in [1.807, 2.05) is 6.92 Å². The van der Waals surface area contributed by atoms with E-state index in [0.29, 0.717) is 10.2 Å². The maximum absolute atomic E-state index is 5.78. The van der Waals surface area contributed by atoms with Crippen LogP contribution >= 0.6 is 23.2 Å². The molecule has 3 heteroatoms. The molecule has 1 aromatic rings. The van der Waals surface area contributed by atoms with Crippen molar-refractivity contribution in [1.29, 1.82) is 0 Å². The lowest BCUT2D eigenvalue weighted by Crippen LogP contribution is -1.87. The SMILES string of the molecule is CCc1nc(Cl)ccc1Cl. The van der Waals surface area contributed by atoms with Gasteiger partial charge in [-0.3, -0.25) is 0 Å². The molecule has 0 aliphatic carbocycles. The van der Waals surface area contributed by atoms with Crippen molar-refractivity contribution in [3.05, 3.63) is 28.0 Å². The Morgan fingerprint density at radius 3 is 2.60 bits per heavy atom. The zero-order valence-electron chi connectivity index (χ0n) is 5.56. The standard InChI is InChI=1S/C7H7Cl2N/c1-2-6-5(8)3-4-7(9)10-6/h3-4H,2H2,1H3. The second-order valence-corrected chi connectivity index (χ2v) is 2.71. The molecule has 0 bridgehead atoms. The van der Waals surface area contributed by atoms with E-state index in [9.17, 15) is 0 Å². The molecule has 0 aliphatic rings. The van der Waals surface area contributed by atoms with Gasteiger partial charge in [0.2, 0.25) is 0 Å². The van der Waals surface area contributed by atoms with Gasteiger partial charge in [-0.15, -0.1) is 0 Å². The van der Waals surface area contributed by atoms with Crippen LogP contribution in [0, 0.1) is 0 Å². The van der Waals surface area contributed by atoms with Crippen LogP contribution in [0.1, 0.15) is 12.6 Å². The Morgan fingerprint density at radius 2 is 2.10 bits per heavy atom. The summed E-state index contributed by atoms with van der Waals surface area (Å²) in [4.78, 5) is 4.02. The van der Waals surface area contributed by atoms with Crippen LogP contribution in [0.5, 0.6) is 0 Å². The van der Waals surface area contributed by atoms with Crippen LogP contribution in [0.4, 0.5) is 0 Å². The Balaban J connectivity index is 3.09. The van der Waals surface area contributed by atoms with E-state index in [-0.39, 0.29) is 0 Å². The van der Waals surface area contributed by atoms with Gasteiger partial charge in [-0.2, -0.15) is 0 Å². The molecule has 0 unspecified atom stereocenters. The van der Waals surface area contributed by atoms with Gasteiger partial charge in [0.15, 0.2) is 0 Å². The predicted octanol–water partition coefficient (Wildman–Crippen LogP) is 2.95. The molecular formula is C7H7Cl2N. The smallest absolute Gasteiger partial charge is 0.129 e. The summed E-state index contributed by atoms with van der Waals surface area (Å²) in [6.07, 6.45) is 0.819. The average molecular weight is 176 g/mol. The van der Waals surface area contributed by atoms with Gasteiger partial charge in [-0.05, 0) is 18.6 Å². The van der Waals surface area contributed by atoms with E-state index in [4.69, 9.17) is 23.2 Å². The molecule has 1 heterocycles. The van der Waals surface area contributed by atoms with Crippen molar-refractivity contribution in [2.75, 3.05) is 0 Å². The number of nitrogens with zero attached hydrogens (tertiary/aromatic N) is 1. The number of hydrogen-bond donors (Lipinski definition) is 0. The molecule has 10 heavy (non-hydrogen) atoms. The number of pyridine rings is 1. The molecule has 1 nitrogen and oxygen atoms in total. The fourth-order valence-electron chi connectivity index (χ4n) is 0.706. The summed E-state index contributed by atoms with van der Waals surface area (Å²) >= 11 is 11.4. The molecule has 1 aromatic heterocycles. The van der Waals surface area contributed by atoms with Crippen molar-refractivity contribution >= 4 is 23.2 Å². The molecule has 0 fully saturated rings. The molecule has 0 saturated carbocycles. The monoisotopic (exact) mass is 175 g/mol. The van der Waals surface area contributed by atoms with Crippen molar-refractivity contribution in [2.45, 2.75) is 13.3 Å². The van der Waals surface area contributed by atoms with Gasteiger partial charge in [0, 0.05) is 0 Å². The van der Waals surface area contributed by atoms with Crippen LogP contribution in [-0.4, -0.2) is 4.98 Å². The first-order valence-electron chi connectivity index (χ1n) is 3.05. The molecule has 1 rings (SSSR count). The van der Waals surface area contributed by atoms with Gasteiger partial charge in [-0.1, -0.05) is 30.1 Å². The van der Waals surface area contributed by atoms with Gasteiger partial charge < -0.3 is 0 Å². The summed E-state index contributed by atoms with van der Waals surface area (Å²) in [5, 5.41) is 1.19. The highest BCUT2D eigenvalue weighted by molar-refractivity contribution is 6.32. The Bertz CT molecular complexity index is 235. The van der Waals surface area contributed by atoms with E-state index in [0.717, 1.165) is 12.1 Å². The van der Waals surface area contributed by atoms with Gasteiger partial charge in [-0.25, -0.2) is 4.98 Å². The van der Waals surface area contributed by atoms with E-state index >= 15 is 0 Å². The van der Waals surface area contributed by atoms with E-state index < -0.39 is 0 Å². The fraction of sp³-hybridized carbons (Fsp3) is 0.286. The van der Waals surface area contributed by atoms with Gasteiger partial charge in [0.05, 0.1) is 10.7 Å². The van der Waals surface area contributed by atoms with Gasteiger partial charge in [0.25, 0.3) is 0 Å². The van der Waals surface area contributed by atoms with Crippen molar-refractivity contribution in [1.82, 2.24) is 4.98 Å². The third-order valence-electron chi connectivity index (χ3n) is 1.22. The second-order valence-electron chi connectivity index (χ2n) is 1.92. The number of aryl methyl sites for hydroxylation is 1. The fourth-order valence-corrected chi connectivity index (χ4v) is 1.11. The molecule has 0 amide bonds. The normalized spacial score (nSPS) is 9.90. The van der Waals surface area contributed by atoms with Crippen molar-refractivity contribution < 1.29 is 0 Å². The van der Waals surface area contributed by atoms with E-state index in [1.165, 1.54) is 0 Å². The zero-order valence-corrected chi connectivity index (χ0v) is 7.08. The molecule has 0 aromatic carbocycles. The highest BCUT2D eigenvalue weighted by atomic mass is 35.5. The summed E-state index contributed by atoms with van der Waals surface area (Å²) in [5.74, 6) is 0. The van der Waals surface area contributed by atoms with Crippen molar-refractivity contribution in [3.8, 4) is 0 Å². The number of halogens is 2. The van der Waals surface area contributed by atoms with Gasteiger partial charge in [0.1, 0.15) is 5.15 Å². The van der Waals surface area contributed by atoms with Crippen LogP contribution in [0.15, 0.2) is 12.1 Å². The Morgan fingerprint density at radius 1 is 1.40 bits per heavy atom. The zero-order chi connectivity index (χ0) is 7.56. The Labute approximate surface area is 70.0 Å². The Hall–Kier alpha value is -0.270. The lowest BCUT2D eigenvalue weighted by Gasteiger charge is -1.97. The minimum atomic E-state index is 0.501. The molecule has 0 aliphatic heterocycles. The largest absolute Gasteiger partial charge is 0.240 e. The summed E-state index contributed by atoms with van der Waals surface area (Å²) in [7, 11) is 0. The minimum absolute atomic E-state index is 0.501. The lowest BCUT2D eigenvalue weighted by atomic mass is 10.3. The van der Waals surface area contributed by atoms with Crippen LogP contribution in [0.2, 0.25) is 10.2 Å². The highest BCUT2D eigenvalue weighted by Gasteiger charge is 1.98. The van der Waals surface area contributed by atoms with Gasteiger partial charge >= 0.3 is 0 Å². The summed E-state index contributed by atoms with van der Waals surface area (Å²) in [5.41, 5.74) is 0.856. The molecule has 0 N–H and O–H groups in total. The molecule has 0 saturated heterocycles. The third-order valence-corrected chi connectivity index (χ3v) is 1.77. The maximum Gasteiger partial charge on any atom is 0.129 e. The molecular weight excluding hydrogens is 169 g/mol. The highest BCUT2D eigenvalue weighted by Crippen LogP contribution is 2.16. The topological polar surface area (TPSA) is 12.9 Å². The minimum Gasteiger partial charge on any atom is -0.240 e. The van der Waals surface area contributed by atoms with E-state index in [2.05, 4.69) is 4.98 Å². The van der Waals surface area contributed by atoms with Crippen LogP contribution in [0.25, 0.3) is 0 Å². The first kappa shape index (κ1) is 7.83. The number of aromatic nitrogens is 1. The number of rotatable bonds is 1. The predicted molar refractivity (Wildman–Crippen MR) is 43.6 cm³/mol. The molecule has 0 radical (unpaired) electrons. The number of hydrogen-bond acceptors (Lipinski definition) is 1. The maximum atomic E-state index is 5.78. The summed E-state index contributed by atoms with van der Waals surface area (Å²) in [6, 6.07) is 3.44. The second kappa shape index (κ2) is 3.22. The molecule has 0 spiro atoms. The first-order valence-corrected chi connectivity index (χ1v) is 3.80. The summed E-state index contributed by atoms with van der Waals surface area (Å²) in [6.45, 7) is 1.99. The lowest BCUT2D eigenvalue weighted by molar-refractivity contribution is 1.04. The average Bonchev–Trinajstić information content (AvgIpc) is 1.94. The summed E-state index contributed by atoms with van der Waals surface area (Å²) < 4.78 is 0. The van der Waals surface area contributed by atoms with Crippen LogP contribution in [0.3, 0.4) is 0 Å². The third kappa shape index (κ3) is 1.61. The van der Waals surface area contributed by atoms with Crippen LogP contribution in [-0.2, 0) is 6.42 Å². The Kier molecular flexibility index (Phi) is 2.52. The van der Waals surface area contributed by atoms with Crippen molar-refractivity contribution in [2.24, 2.45) is 0 Å². The quantitative estimate of drug-likeness (QED) is 0.599.